The number of hydrogen-bond acceptors (Lipinski definition) is 8. The highest BCUT2D eigenvalue weighted by Gasteiger charge is 2.22. The van der Waals surface area contributed by atoms with Crippen LogP contribution >= 0.6 is 23.1 Å². The summed E-state index contributed by atoms with van der Waals surface area (Å²) in [4.78, 5) is 25.9. The number of thioether (sulfide) groups is 1. The van der Waals surface area contributed by atoms with Gasteiger partial charge in [-0.2, -0.15) is 0 Å². The van der Waals surface area contributed by atoms with E-state index < -0.39 is 5.97 Å². The van der Waals surface area contributed by atoms with E-state index in [9.17, 15) is 9.59 Å². The lowest BCUT2D eigenvalue weighted by Crippen LogP contribution is -2.18. The number of aromatic nitrogens is 3. The Morgan fingerprint density at radius 3 is 2.71 bits per heavy atom. The Kier molecular flexibility index (Phi) is 7.18. The molecule has 176 valence electrons. The number of ether oxygens (including phenoxy) is 1. The maximum Gasteiger partial charge on any atom is 0.341 e. The molecule has 0 aliphatic carbocycles. The molecule has 0 aliphatic heterocycles. The van der Waals surface area contributed by atoms with Crippen LogP contribution < -0.4 is 11.2 Å². The number of fused-ring (bicyclic) bond motifs is 1. The van der Waals surface area contributed by atoms with Gasteiger partial charge in [-0.1, -0.05) is 54.2 Å². The number of benzene rings is 2. The van der Waals surface area contributed by atoms with Crippen molar-refractivity contribution in [2.75, 3.05) is 23.5 Å². The van der Waals surface area contributed by atoms with Gasteiger partial charge in [-0.25, -0.2) is 9.47 Å². The standard InChI is InChI=1S/C24H25N5O3S2/c1-4-32-23(31)21-14(2)15(3)34-22(21)26-20(30)13-33-24-28-27-19(29(24)25)12-17-10-7-9-16-8-5-6-11-18(16)17/h5-11H,4,12-13,25H2,1-3H3,(H,26,30). The number of thiophene rings is 1. The van der Waals surface area contributed by atoms with Crippen molar-refractivity contribution in [1.82, 2.24) is 14.9 Å². The number of hydrogen-bond donors (Lipinski definition) is 2. The zero-order chi connectivity index (χ0) is 24.2. The first-order valence-electron chi connectivity index (χ1n) is 10.7. The molecule has 0 saturated heterocycles. The summed E-state index contributed by atoms with van der Waals surface area (Å²) in [5.41, 5.74) is 2.31. The molecule has 0 fully saturated rings. The molecule has 34 heavy (non-hydrogen) atoms. The number of nitrogens with two attached hydrogens (primary N) is 1. The van der Waals surface area contributed by atoms with E-state index in [0.717, 1.165) is 26.8 Å². The second-order valence-electron chi connectivity index (χ2n) is 7.63. The van der Waals surface area contributed by atoms with Crippen LogP contribution in [-0.2, 0) is 16.0 Å². The van der Waals surface area contributed by atoms with Gasteiger partial charge in [-0.05, 0) is 42.7 Å². The first-order chi connectivity index (χ1) is 16.4. The minimum Gasteiger partial charge on any atom is -0.462 e. The van der Waals surface area contributed by atoms with E-state index >= 15 is 0 Å². The molecule has 3 N–H and O–H groups in total. The lowest BCUT2D eigenvalue weighted by atomic mass is 10.0. The van der Waals surface area contributed by atoms with Crippen molar-refractivity contribution in [3.63, 3.8) is 0 Å². The fraction of sp³-hybridized carbons (Fsp3) is 0.250. The van der Waals surface area contributed by atoms with Crippen LogP contribution in [0.15, 0.2) is 47.6 Å². The predicted octanol–water partition coefficient (Wildman–Crippen LogP) is 4.32. The number of esters is 1. The van der Waals surface area contributed by atoms with Gasteiger partial charge in [0.15, 0.2) is 5.82 Å². The maximum absolute atomic E-state index is 12.6. The number of rotatable bonds is 8. The molecule has 8 nitrogen and oxygen atoms in total. The van der Waals surface area contributed by atoms with E-state index in [1.54, 1.807) is 6.92 Å². The Morgan fingerprint density at radius 2 is 1.91 bits per heavy atom. The molecule has 0 saturated carbocycles. The van der Waals surface area contributed by atoms with E-state index in [1.807, 2.05) is 38.1 Å². The summed E-state index contributed by atoms with van der Waals surface area (Å²) in [6, 6.07) is 14.3. The molecule has 0 aliphatic rings. The largest absolute Gasteiger partial charge is 0.462 e. The molecule has 2 aromatic heterocycles. The van der Waals surface area contributed by atoms with Gasteiger partial charge >= 0.3 is 5.97 Å². The number of nitrogen functional groups attached to an aromatic ring is 1. The van der Waals surface area contributed by atoms with Crippen molar-refractivity contribution >= 4 is 50.7 Å². The molecular weight excluding hydrogens is 470 g/mol. The van der Waals surface area contributed by atoms with Crippen LogP contribution in [0.25, 0.3) is 10.8 Å². The predicted molar refractivity (Wildman–Crippen MR) is 136 cm³/mol. The van der Waals surface area contributed by atoms with Gasteiger partial charge < -0.3 is 15.9 Å². The molecular formula is C24H25N5O3S2. The average Bonchev–Trinajstić information content (AvgIpc) is 3.30. The van der Waals surface area contributed by atoms with Crippen LogP contribution in [0.1, 0.15) is 39.1 Å². The Balaban J connectivity index is 1.43. The van der Waals surface area contributed by atoms with E-state index in [2.05, 4.69) is 33.7 Å². The Hall–Kier alpha value is -3.37. The summed E-state index contributed by atoms with van der Waals surface area (Å²) in [5, 5.41) is 14.4. The summed E-state index contributed by atoms with van der Waals surface area (Å²) >= 11 is 2.54. The summed E-state index contributed by atoms with van der Waals surface area (Å²) in [6.07, 6.45) is 0.522. The van der Waals surface area contributed by atoms with Crippen molar-refractivity contribution in [1.29, 1.82) is 0 Å². The molecule has 0 bridgehead atoms. The lowest BCUT2D eigenvalue weighted by Gasteiger charge is -2.08. The highest BCUT2D eigenvalue weighted by atomic mass is 32.2. The maximum atomic E-state index is 12.6. The normalized spacial score (nSPS) is 11.0. The highest BCUT2D eigenvalue weighted by molar-refractivity contribution is 7.99. The van der Waals surface area contributed by atoms with Gasteiger partial charge in [0.25, 0.3) is 0 Å². The third-order valence-electron chi connectivity index (χ3n) is 5.41. The SMILES string of the molecule is CCOC(=O)c1c(NC(=O)CSc2nnc(Cc3cccc4ccccc34)n2N)sc(C)c1C. The third kappa shape index (κ3) is 4.92. The molecule has 0 spiro atoms. The summed E-state index contributed by atoms with van der Waals surface area (Å²) in [7, 11) is 0. The van der Waals surface area contributed by atoms with Crippen molar-refractivity contribution < 1.29 is 14.3 Å². The summed E-state index contributed by atoms with van der Waals surface area (Å²) < 4.78 is 6.56. The topological polar surface area (TPSA) is 112 Å². The summed E-state index contributed by atoms with van der Waals surface area (Å²) in [5.74, 6) is 6.20. The first kappa shape index (κ1) is 23.8. The Bertz CT molecular complexity index is 1360. The van der Waals surface area contributed by atoms with E-state index in [-0.39, 0.29) is 18.3 Å². The quantitative estimate of drug-likeness (QED) is 0.213. The highest BCUT2D eigenvalue weighted by Crippen LogP contribution is 2.33. The average molecular weight is 496 g/mol. The monoisotopic (exact) mass is 495 g/mol. The van der Waals surface area contributed by atoms with Crippen LogP contribution in [-0.4, -0.2) is 39.1 Å². The number of amides is 1. The number of nitrogens with zero attached hydrogens (tertiary/aromatic N) is 3. The van der Waals surface area contributed by atoms with Gasteiger partial charge in [-0.15, -0.1) is 21.5 Å². The van der Waals surface area contributed by atoms with Gasteiger partial charge in [0.2, 0.25) is 11.1 Å². The van der Waals surface area contributed by atoms with E-state index in [0.29, 0.717) is 28.0 Å². The van der Waals surface area contributed by atoms with E-state index in [4.69, 9.17) is 10.6 Å². The number of carbonyl (C=O) groups excluding carboxylic acids is 2. The zero-order valence-corrected chi connectivity index (χ0v) is 20.8. The third-order valence-corrected chi connectivity index (χ3v) is 7.48. The molecule has 0 radical (unpaired) electrons. The fourth-order valence-electron chi connectivity index (χ4n) is 3.60. The number of nitrogens with one attached hydrogen (secondary N) is 1. The first-order valence-corrected chi connectivity index (χ1v) is 12.5. The molecule has 2 aromatic carbocycles. The second-order valence-corrected chi connectivity index (χ2v) is 9.80. The van der Waals surface area contributed by atoms with Crippen molar-refractivity contribution in [2.45, 2.75) is 32.3 Å². The van der Waals surface area contributed by atoms with Crippen molar-refractivity contribution in [3.05, 3.63) is 69.9 Å². The fourth-order valence-corrected chi connectivity index (χ4v) is 5.34. The van der Waals surface area contributed by atoms with Crippen molar-refractivity contribution in [3.8, 4) is 0 Å². The number of carbonyl (C=O) groups is 2. The smallest absolute Gasteiger partial charge is 0.341 e. The van der Waals surface area contributed by atoms with Gasteiger partial charge in [-0.3, -0.25) is 4.79 Å². The lowest BCUT2D eigenvalue weighted by molar-refractivity contribution is -0.113. The molecule has 0 unspecified atom stereocenters. The van der Waals surface area contributed by atoms with Gasteiger partial charge in [0.05, 0.1) is 17.9 Å². The Labute approximate surface area is 205 Å². The molecule has 2 heterocycles. The number of anilines is 1. The van der Waals surface area contributed by atoms with Gasteiger partial charge in [0, 0.05) is 11.3 Å². The molecule has 1 amide bonds. The van der Waals surface area contributed by atoms with Gasteiger partial charge in [0.1, 0.15) is 5.00 Å². The van der Waals surface area contributed by atoms with Crippen LogP contribution in [0.5, 0.6) is 0 Å². The minimum atomic E-state index is -0.438. The van der Waals surface area contributed by atoms with Crippen LogP contribution in [0.3, 0.4) is 0 Å². The van der Waals surface area contributed by atoms with Crippen LogP contribution in [0.4, 0.5) is 5.00 Å². The number of aryl methyl sites for hydroxylation is 1. The molecule has 10 heteroatoms. The van der Waals surface area contributed by atoms with E-state index in [1.165, 1.54) is 27.8 Å². The van der Waals surface area contributed by atoms with Crippen LogP contribution in [0, 0.1) is 13.8 Å². The zero-order valence-electron chi connectivity index (χ0n) is 19.1. The van der Waals surface area contributed by atoms with Crippen LogP contribution in [0.2, 0.25) is 0 Å². The minimum absolute atomic E-state index is 0.0713. The van der Waals surface area contributed by atoms with Crippen molar-refractivity contribution in [2.24, 2.45) is 0 Å². The molecule has 4 aromatic rings. The second kappa shape index (κ2) is 10.3. The molecule has 4 rings (SSSR count). The molecule has 0 atom stereocenters. The Morgan fingerprint density at radius 1 is 1.15 bits per heavy atom. The summed E-state index contributed by atoms with van der Waals surface area (Å²) in [6.45, 7) is 5.76.